The predicted octanol–water partition coefficient (Wildman–Crippen LogP) is 2.37. The molecule has 0 saturated carbocycles. The molecule has 20 heavy (non-hydrogen) atoms. The van der Waals surface area contributed by atoms with Crippen LogP contribution in [-0.4, -0.2) is 44.3 Å². The van der Waals surface area contributed by atoms with E-state index in [9.17, 15) is 0 Å². The Morgan fingerprint density at radius 3 is 3.05 bits per heavy atom. The van der Waals surface area contributed by atoms with Crippen LogP contribution >= 0.6 is 0 Å². The molecule has 0 amide bonds. The third kappa shape index (κ3) is 3.22. The van der Waals surface area contributed by atoms with Gasteiger partial charge < -0.3 is 10.1 Å². The number of hydrogen-bond acceptors (Lipinski definition) is 3. The lowest BCUT2D eigenvalue weighted by molar-refractivity contribution is 0.00186. The molecule has 1 aliphatic heterocycles. The van der Waals surface area contributed by atoms with Crippen molar-refractivity contribution in [3.05, 3.63) is 35.4 Å². The minimum Gasteiger partial charge on any atom is -0.374 e. The standard InChI is InChI=1S/C17H26N2O/c1-19(13-15-12-18-10-11-20-15)17-9-5-3-7-14-6-2-4-8-16(14)17/h2,4,6,8,15,17-18H,3,5,7,9-13H2,1H3. The van der Waals surface area contributed by atoms with E-state index in [1.165, 1.54) is 31.2 Å². The van der Waals surface area contributed by atoms with E-state index < -0.39 is 0 Å². The van der Waals surface area contributed by atoms with Gasteiger partial charge in [-0.15, -0.1) is 0 Å². The molecule has 1 aliphatic carbocycles. The van der Waals surface area contributed by atoms with Crippen LogP contribution in [0.2, 0.25) is 0 Å². The first-order chi connectivity index (χ1) is 9.84. The monoisotopic (exact) mass is 274 g/mol. The molecule has 1 fully saturated rings. The van der Waals surface area contributed by atoms with E-state index in [1.807, 2.05) is 0 Å². The first kappa shape index (κ1) is 14.1. The molecular weight excluding hydrogens is 248 g/mol. The summed E-state index contributed by atoms with van der Waals surface area (Å²) in [5, 5.41) is 3.42. The molecule has 2 aliphatic rings. The van der Waals surface area contributed by atoms with Crippen LogP contribution in [0.4, 0.5) is 0 Å². The van der Waals surface area contributed by atoms with Gasteiger partial charge in [-0.1, -0.05) is 30.7 Å². The van der Waals surface area contributed by atoms with Gasteiger partial charge in [0.1, 0.15) is 0 Å². The predicted molar refractivity (Wildman–Crippen MR) is 82.0 cm³/mol. The molecule has 1 aromatic rings. The molecule has 0 aromatic heterocycles. The van der Waals surface area contributed by atoms with E-state index in [1.54, 1.807) is 5.56 Å². The second-order valence-electron chi connectivity index (χ2n) is 6.10. The smallest absolute Gasteiger partial charge is 0.0826 e. The maximum atomic E-state index is 5.85. The van der Waals surface area contributed by atoms with Gasteiger partial charge in [-0.05, 0) is 37.4 Å². The number of benzene rings is 1. The fourth-order valence-corrected chi connectivity index (χ4v) is 3.54. The Bertz CT molecular complexity index is 429. The van der Waals surface area contributed by atoms with Crippen molar-refractivity contribution in [1.29, 1.82) is 0 Å². The summed E-state index contributed by atoms with van der Waals surface area (Å²) in [7, 11) is 2.25. The third-order valence-electron chi connectivity index (χ3n) is 4.62. The third-order valence-corrected chi connectivity index (χ3v) is 4.62. The second kappa shape index (κ2) is 6.70. The highest BCUT2D eigenvalue weighted by atomic mass is 16.5. The van der Waals surface area contributed by atoms with Gasteiger partial charge in [0.2, 0.25) is 0 Å². The van der Waals surface area contributed by atoms with E-state index in [0.717, 1.165) is 26.2 Å². The molecule has 2 unspecified atom stereocenters. The Balaban J connectivity index is 1.71. The quantitative estimate of drug-likeness (QED) is 0.857. The van der Waals surface area contributed by atoms with E-state index in [0.29, 0.717) is 12.1 Å². The summed E-state index contributed by atoms with van der Waals surface area (Å²) in [6.07, 6.45) is 5.50. The number of fused-ring (bicyclic) bond motifs is 1. The van der Waals surface area contributed by atoms with Crippen LogP contribution in [0.25, 0.3) is 0 Å². The Hall–Kier alpha value is -0.900. The lowest BCUT2D eigenvalue weighted by Crippen LogP contribution is -2.45. The topological polar surface area (TPSA) is 24.5 Å². The molecule has 3 heteroatoms. The summed E-state index contributed by atoms with van der Waals surface area (Å²) < 4.78 is 5.85. The van der Waals surface area contributed by atoms with E-state index in [2.05, 4.69) is 41.5 Å². The Kier molecular flexibility index (Phi) is 4.71. The lowest BCUT2D eigenvalue weighted by atomic mass is 9.98. The lowest BCUT2D eigenvalue weighted by Gasteiger charge is -2.33. The van der Waals surface area contributed by atoms with Gasteiger partial charge in [-0.25, -0.2) is 0 Å². The number of aryl methyl sites for hydroxylation is 1. The fraction of sp³-hybridized carbons (Fsp3) is 0.647. The zero-order chi connectivity index (χ0) is 13.8. The molecule has 3 rings (SSSR count). The van der Waals surface area contributed by atoms with Crippen molar-refractivity contribution < 1.29 is 4.74 Å². The molecule has 1 heterocycles. The summed E-state index contributed by atoms with van der Waals surface area (Å²) in [6.45, 7) is 3.84. The summed E-state index contributed by atoms with van der Waals surface area (Å²) in [4.78, 5) is 2.50. The van der Waals surface area contributed by atoms with E-state index in [4.69, 9.17) is 4.74 Å². The highest BCUT2D eigenvalue weighted by Gasteiger charge is 2.25. The molecule has 110 valence electrons. The number of rotatable bonds is 3. The minimum absolute atomic E-state index is 0.337. The van der Waals surface area contributed by atoms with Crippen LogP contribution in [0.3, 0.4) is 0 Å². The van der Waals surface area contributed by atoms with Crippen molar-refractivity contribution in [2.75, 3.05) is 33.3 Å². The average Bonchev–Trinajstić information content (AvgIpc) is 2.70. The average molecular weight is 274 g/mol. The fourth-order valence-electron chi connectivity index (χ4n) is 3.54. The number of likely N-dealkylation sites (N-methyl/N-ethyl adjacent to an activating group) is 1. The maximum Gasteiger partial charge on any atom is 0.0826 e. The first-order valence-electron chi connectivity index (χ1n) is 7.95. The molecule has 1 saturated heterocycles. The summed E-state index contributed by atoms with van der Waals surface area (Å²) in [6, 6.07) is 9.54. The summed E-state index contributed by atoms with van der Waals surface area (Å²) in [5.74, 6) is 0. The zero-order valence-electron chi connectivity index (χ0n) is 12.5. The van der Waals surface area contributed by atoms with Crippen LogP contribution in [0.15, 0.2) is 24.3 Å². The van der Waals surface area contributed by atoms with Crippen LogP contribution < -0.4 is 5.32 Å². The molecule has 1 N–H and O–H groups in total. The van der Waals surface area contributed by atoms with Gasteiger partial charge in [0.25, 0.3) is 0 Å². The van der Waals surface area contributed by atoms with Crippen LogP contribution in [0.5, 0.6) is 0 Å². The van der Waals surface area contributed by atoms with Crippen molar-refractivity contribution in [2.45, 2.75) is 37.8 Å². The summed E-state index contributed by atoms with van der Waals surface area (Å²) >= 11 is 0. The van der Waals surface area contributed by atoms with Crippen molar-refractivity contribution >= 4 is 0 Å². The van der Waals surface area contributed by atoms with Gasteiger partial charge in [-0.2, -0.15) is 0 Å². The molecule has 2 atom stereocenters. The highest BCUT2D eigenvalue weighted by Crippen LogP contribution is 2.32. The van der Waals surface area contributed by atoms with Crippen molar-refractivity contribution in [2.24, 2.45) is 0 Å². The number of morpholine rings is 1. The minimum atomic E-state index is 0.337. The van der Waals surface area contributed by atoms with Crippen LogP contribution in [0, 0.1) is 0 Å². The number of ether oxygens (including phenoxy) is 1. The van der Waals surface area contributed by atoms with Crippen molar-refractivity contribution in [3.63, 3.8) is 0 Å². The number of hydrogen-bond donors (Lipinski definition) is 1. The van der Waals surface area contributed by atoms with Crippen molar-refractivity contribution in [3.8, 4) is 0 Å². The maximum absolute atomic E-state index is 5.85. The Labute approximate surface area is 122 Å². The molecule has 0 spiro atoms. The van der Waals surface area contributed by atoms with E-state index in [-0.39, 0.29) is 0 Å². The Morgan fingerprint density at radius 1 is 1.30 bits per heavy atom. The first-order valence-corrected chi connectivity index (χ1v) is 7.95. The number of nitrogens with one attached hydrogen (secondary N) is 1. The second-order valence-corrected chi connectivity index (χ2v) is 6.10. The van der Waals surface area contributed by atoms with Gasteiger partial charge in [0, 0.05) is 25.7 Å². The number of nitrogens with zero attached hydrogens (tertiary/aromatic N) is 1. The van der Waals surface area contributed by atoms with Crippen molar-refractivity contribution in [1.82, 2.24) is 10.2 Å². The van der Waals surface area contributed by atoms with Gasteiger partial charge in [-0.3, -0.25) is 4.90 Å². The largest absolute Gasteiger partial charge is 0.374 e. The Morgan fingerprint density at radius 2 is 2.20 bits per heavy atom. The normalized spacial score (nSPS) is 27.1. The molecule has 0 bridgehead atoms. The van der Waals surface area contributed by atoms with Crippen LogP contribution in [0.1, 0.15) is 36.4 Å². The molecule has 0 radical (unpaired) electrons. The molecular formula is C17H26N2O. The van der Waals surface area contributed by atoms with E-state index >= 15 is 0 Å². The van der Waals surface area contributed by atoms with Gasteiger partial charge in [0.05, 0.1) is 12.7 Å². The summed E-state index contributed by atoms with van der Waals surface area (Å²) in [5.41, 5.74) is 3.08. The zero-order valence-corrected chi connectivity index (χ0v) is 12.5. The highest BCUT2D eigenvalue weighted by molar-refractivity contribution is 5.31. The molecule has 3 nitrogen and oxygen atoms in total. The molecule has 1 aromatic carbocycles. The van der Waals surface area contributed by atoms with Gasteiger partial charge in [0.15, 0.2) is 0 Å². The van der Waals surface area contributed by atoms with Crippen LogP contribution in [-0.2, 0) is 11.2 Å². The van der Waals surface area contributed by atoms with Gasteiger partial charge >= 0.3 is 0 Å². The SMILES string of the molecule is CN(CC1CNCCO1)C1CCCCc2ccccc21.